The van der Waals surface area contributed by atoms with Gasteiger partial charge in [-0.2, -0.15) is 0 Å². The molecule has 3 rings (SSSR count). The fourth-order valence-electron chi connectivity index (χ4n) is 2.22. The van der Waals surface area contributed by atoms with Crippen LogP contribution in [-0.2, 0) is 6.54 Å². The smallest absolute Gasteiger partial charge is 0.162 e. The molecule has 19 heavy (non-hydrogen) atoms. The summed E-state index contributed by atoms with van der Waals surface area (Å²) in [6.45, 7) is 2.65. The minimum atomic E-state index is -0.333. The molecule has 0 radical (unpaired) electrons. The molecule has 0 saturated heterocycles. The van der Waals surface area contributed by atoms with Gasteiger partial charge in [0.2, 0.25) is 0 Å². The van der Waals surface area contributed by atoms with Crippen LogP contribution in [0.5, 0.6) is 0 Å². The van der Waals surface area contributed by atoms with Crippen molar-refractivity contribution in [2.45, 2.75) is 13.5 Å². The van der Waals surface area contributed by atoms with Crippen molar-refractivity contribution in [2.24, 2.45) is 0 Å². The number of fused-ring (bicyclic) bond motifs is 1. The zero-order valence-corrected chi connectivity index (χ0v) is 10.5. The van der Waals surface area contributed by atoms with E-state index in [1.165, 1.54) is 6.07 Å². The number of pyridine rings is 1. The van der Waals surface area contributed by atoms with Crippen LogP contribution in [0, 0.1) is 5.82 Å². The average Bonchev–Trinajstić information content (AvgIpc) is 2.79. The molecule has 2 heterocycles. The summed E-state index contributed by atoms with van der Waals surface area (Å²) in [4.78, 5) is 8.61. The van der Waals surface area contributed by atoms with Crippen molar-refractivity contribution < 1.29 is 4.39 Å². The summed E-state index contributed by atoms with van der Waals surface area (Å²) in [5.74, 6) is 0.265. The Hall–Kier alpha value is -2.43. The average molecular weight is 256 g/mol. The van der Waals surface area contributed by atoms with Gasteiger partial charge in [-0.1, -0.05) is 6.07 Å². The standard InChI is InChI=1S/C14H13FN4/c1-2-19-11-7-3-5-9(15)12(11)18-14(19)13-10(16)6-4-8-17-13/h3-8H,2,16H2,1H3. The third-order valence-corrected chi connectivity index (χ3v) is 3.10. The topological polar surface area (TPSA) is 56.7 Å². The summed E-state index contributed by atoms with van der Waals surface area (Å²) >= 11 is 0. The van der Waals surface area contributed by atoms with Gasteiger partial charge in [-0.05, 0) is 31.2 Å². The van der Waals surface area contributed by atoms with Gasteiger partial charge in [0.05, 0.1) is 11.2 Å². The molecule has 0 saturated carbocycles. The molecule has 2 N–H and O–H groups in total. The highest BCUT2D eigenvalue weighted by molar-refractivity contribution is 5.82. The van der Waals surface area contributed by atoms with Gasteiger partial charge in [0.1, 0.15) is 11.2 Å². The van der Waals surface area contributed by atoms with E-state index in [0.717, 1.165) is 5.52 Å². The predicted octanol–water partition coefficient (Wildman–Crippen LogP) is 2.84. The number of nitrogen functional groups attached to an aromatic ring is 1. The van der Waals surface area contributed by atoms with Crippen molar-refractivity contribution in [1.82, 2.24) is 14.5 Å². The van der Waals surface area contributed by atoms with E-state index in [-0.39, 0.29) is 5.82 Å². The molecule has 0 aliphatic carbocycles. The van der Waals surface area contributed by atoms with Gasteiger partial charge in [-0.25, -0.2) is 9.37 Å². The van der Waals surface area contributed by atoms with E-state index in [1.807, 2.05) is 17.6 Å². The Kier molecular flexibility index (Phi) is 2.67. The molecule has 0 aliphatic heterocycles. The van der Waals surface area contributed by atoms with Crippen LogP contribution in [-0.4, -0.2) is 14.5 Å². The first-order chi connectivity index (χ1) is 9.22. The lowest BCUT2D eigenvalue weighted by Crippen LogP contribution is -2.01. The fourth-order valence-corrected chi connectivity index (χ4v) is 2.22. The minimum Gasteiger partial charge on any atom is -0.397 e. The number of aromatic nitrogens is 3. The zero-order chi connectivity index (χ0) is 13.4. The van der Waals surface area contributed by atoms with Crippen molar-refractivity contribution in [3.05, 3.63) is 42.3 Å². The van der Waals surface area contributed by atoms with E-state index in [4.69, 9.17) is 5.73 Å². The third kappa shape index (κ3) is 1.74. The van der Waals surface area contributed by atoms with E-state index in [0.29, 0.717) is 29.3 Å². The normalized spacial score (nSPS) is 11.1. The van der Waals surface area contributed by atoms with Crippen LogP contribution in [0.15, 0.2) is 36.5 Å². The molecular formula is C14H13FN4. The number of benzene rings is 1. The zero-order valence-electron chi connectivity index (χ0n) is 10.5. The molecule has 0 spiro atoms. The SMILES string of the molecule is CCn1c(-c2ncccc2N)nc2c(F)cccc21. The van der Waals surface area contributed by atoms with Crippen molar-refractivity contribution >= 4 is 16.7 Å². The Labute approximate surface area is 109 Å². The number of imidazole rings is 1. The minimum absolute atomic E-state index is 0.333. The van der Waals surface area contributed by atoms with Gasteiger partial charge >= 0.3 is 0 Å². The lowest BCUT2D eigenvalue weighted by atomic mass is 10.3. The van der Waals surface area contributed by atoms with Gasteiger partial charge in [-0.3, -0.25) is 4.98 Å². The Bertz CT molecular complexity index is 748. The van der Waals surface area contributed by atoms with Gasteiger partial charge in [-0.15, -0.1) is 0 Å². The van der Waals surface area contributed by atoms with Gasteiger partial charge in [0.25, 0.3) is 0 Å². The molecule has 0 amide bonds. The summed E-state index contributed by atoms with van der Waals surface area (Å²) in [5.41, 5.74) is 8.15. The molecule has 0 atom stereocenters. The van der Waals surface area contributed by atoms with E-state index < -0.39 is 0 Å². The number of rotatable bonds is 2. The lowest BCUT2D eigenvalue weighted by Gasteiger charge is -2.07. The molecule has 5 heteroatoms. The predicted molar refractivity (Wildman–Crippen MR) is 73.0 cm³/mol. The summed E-state index contributed by atoms with van der Waals surface area (Å²) in [6.07, 6.45) is 1.65. The maximum Gasteiger partial charge on any atom is 0.162 e. The highest BCUT2D eigenvalue weighted by atomic mass is 19.1. The van der Waals surface area contributed by atoms with E-state index >= 15 is 0 Å². The molecular weight excluding hydrogens is 243 g/mol. The number of aryl methyl sites for hydroxylation is 1. The number of hydrogen-bond acceptors (Lipinski definition) is 3. The van der Waals surface area contributed by atoms with E-state index in [1.54, 1.807) is 24.4 Å². The van der Waals surface area contributed by atoms with Crippen molar-refractivity contribution in [3.8, 4) is 11.5 Å². The van der Waals surface area contributed by atoms with Crippen LogP contribution in [0.2, 0.25) is 0 Å². The van der Waals surface area contributed by atoms with Crippen LogP contribution in [0.3, 0.4) is 0 Å². The summed E-state index contributed by atoms with van der Waals surface area (Å²) in [5, 5.41) is 0. The van der Waals surface area contributed by atoms with Crippen LogP contribution in [0.1, 0.15) is 6.92 Å². The quantitative estimate of drug-likeness (QED) is 0.767. The summed E-state index contributed by atoms with van der Waals surface area (Å²) in [7, 11) is 0. The largest absolute Gasteiger partial charge is 0.397 e. The number of hydrogen-bond donors (Lipinski definition) is 1. The van der Waals surface area contributed by atoms with Crippen LogP contribution >= 0.6 is 0 Å². The highest BCUT2D eigenvalue weighted by Crippen LogP contribution is 2.27. The van der Waals surface area contributed by atoms with Gasteiger partial charge in [0, 0.05) is 12.7 Å². The number of nitrogens with two attached hydrogens (primary N) is 1. The van der Waals surface area contributed by atoms with Crippen molar-refractivity contribution in [1.29, 1.82) is 0 Å². The molecule has 0 aliphatic rings. The molecule has 2 aromatic heterocycles. The Balaban J connectivity index is 2.36. The Morgan fingerprint density at radius 2 is 2.11 bits per heavy atom. The Morgan fingerprint density at radius 1 is 1.26 bits per heavy atom. The van der Waals surface area contributed by atoms with E-state index in [2.05, 4.69) is 9.97 Å². The first-order valence-electron chi connectivity index (χ1n) is 6.08. The molecule has 1 aromatic carbocycles. The molecule has 4 nitrogen and oxygen atoms in total. The van der Waals surface area contributed by atoms with E-state index in [9.17, 15) is 4.39 Å². The number of para-hydroxylation sites is 1. The lowest BCUT2D eigenvalue weighted by molar-refractivity contribution is 0.637. The molecule has 96 valence electrons. The first-order valence-corrected chi connectivity index (χ1v) is 6.08. The van der Waals surface area contributed by atoms with Crippen molar-refractivity contribution in [2.75, 3.05) is 5.73 Å². The Morgan fingerprint density at radius 3 is 2.84 bits per heavy atom. The summed E-state index contributed by atoms with van der Waals surface area (Å²) < 4.78 is 15.7. The second kappa shape index (κ2) is 4.35. The fraction of sp³-hybridized carbons (Fsp3) is 0.143. The summed E-state index contributed by atoms with van der Waals surface area (Å²) in [6, 6.07) is 8.45. The second-order valence-electron chi connectivity index (χ2n) is 4.23. The maximum atomic E-state index is 13.8. The third-order valence-electron chi connectivity index (χ3n) is 3.10. The monoisotopic (exact) mass is 256 g/mol. The number of halogens is 1. The number of nitrogens with zero attached hydrogens (tertiary/aromatic N) is 3. The maximum absolute atomic E-state index is 13.8. The molecule has 0 unspecified atom stereocenters. The molecule has 0 fully saturated rings. The second-order valence-corrected chi connectivity index (χ2v) is 4.23. The first kappa shape index (κ1) is 11.6. The highest BCUT2D eigenvalue weighted by Gasteiger charge is 2.16. The number of anilines is 1. The molecule has 0 bridgehead atoms. The van der Waals surface area contributed by atoms with Crippen LogP contribution in [0.4, 0.5) is 10.1 Å². The molecule has 3 aromatic rings. The van der Waals surface area contributed by atoms with Crippen LogP contribution < -0.4 is 5.73 Å². The van der Waals surface area contributed by atoms with Gasteiger partial charge < -0.3 is 10.3 Å². The van der Waals surface area contributed by atoms with Crippen LogP contribution in [0.25, 0.3) is 22.6 Å². The van der Waals surface area contributed by atoms with Gasteiger partial charge in [0.15, 0.2) is 11.6 Å². The van der Waals surface area contributed by atoms with Crippen molar-refractivity contribution in [3.63, 3.8) is 0 Å².